The van der Waals surface area contributed by atoms with Crippen LogP contribution in [0, 0.1) is 5.82 Å². The second kappa shape index (κ2) is 3.81. The molecule has 4 heteroatoms. The van der Waals surface area contributed by atoms with Crippen LogP contribution in [0.5, 0.6) is 5.75 Å². The summed E-state index contributed by atoms with van der Waals surface area (Å²) in [5.74, 6) is -0.148. The zero-order chi connectivity index (χ0) is 10.8. The largest absolute Gasteiger partial charge is 0.487 e. The standard InChI is InChI=1S/C11H10FNO2/c1-13-8-5-10(14)9-4-7(12)2-3-11(9)15-6-8/h2-4H,5-6H2,1H3. The molecule has 0 unspecified atom stereocenters. The SMILES string of the molecule is CN=C1COc2ccc(F)cc2C(=O)C1. The van der Waals surface area contributed by atoms with Gasteiger partial charge in [-0.05, 0) is 18.2 Å². The Morgan fingerprint density at radius 2 is 2.27 bits per heavy atom. The van der Waals surface area contributed by atoms with Crippen LogP contribution in [0.25, 0.3) is 0 Å². The Hall–Kier alpha value is -1.71. The molecule has 78 valence electrons. The van der Waals surface area contributed by atoms with Crippen LogP contribution in [0.4, 0.5) is 4.39 Å². The summed E-state index contributed by atoms with van der Waals surface area (Å²) in [7, 11) is 1.61. The van der Waals surface area contributed by atoms with E-state index in [9.17, 15) is 9.18 Å². The van der Waals surface area contributed by atoms with Crippen molar-refractivity contribution in [3.05, 3.63) is 29.6 Å². The Labute approximate surface area is 86.6 Å². The number of nitrogens with zero attached hydrogens (tertiary/aromatic N) is 1. The maximum atomic E-state index is 12.9. The van der Waals surface area contributed by atoms with Crippen molar-refractivity contribution in [3.63, 3.8) is 0 Å². The number of carbonyl (C=O) groups excluding carboxylic acids is 1. The van der Waals surface area contributed by atoms with Crippen LogP contribution in [0.2, 0.25) is 0 Å². The summed E-state index contributed by atoms with van der Waals surface area (Å²) in [6.07, 6.45) is 0.201. The van der Waals surface area contributed by atoms with E-state index < -0.39 is 5.82 Å². The minimum atomic E-state index is -0.428. The lowest BCUT2D eigenvalue weighted by Gasteiger charge is -2.04. The molecular weight excluding hydrogens is 197 g/mol. The van der Waals surface area contributed by atoms with Crippen LogP contribution in [0.3, 0.4) is 0 Å². The van der Waals surface area contributed by atoms with Gasteiger partial charge in [-0.15, -0.1) is 0 Å². The number of ketones is 1. The van der Waals surface area contributed by atoms with Crippen molar-refractivity contribution in [3.8, 4) is 5.75 Å². The average molecular weight is 207 g/mol. The van der Waals surface area contributed by atoms with Gasteiger partial charge in [-0.2, -0.15) is 0 Å². The molecule has 0 amide bonds. The predicted octanol–water partition coefficient (Wildman–Crippen LogP) is 1.86. The number of rotatable bonds is 0. The molecule has 0 atom stereocenters. The molecule has 15 heavy (non-hydrogen) atoms. The van der Waals surface area contributed by atoms with Crippen LogP contribution in [0.15, 0.2) is 23.2 Å². The number of hydrogen-bond acceptors (Lipinski definition) is 3. The lowest BCUT2D eigenvalue weighted by atomic mass is 10.1. The summed E-state index contributed by atoms with van der Waals surface area (Å²) >= 11 is 0. The van der Waals surface area contributed by atoms with Gasteiger partial charge in [0.1, 0.15) is 18.2 Å². The van der Waals surface area contributed by atoms with E-state index in [1.165, 1.54) is 18.2 Å². The summed E-state index contributed by atoms with van der Waals surface area (Å²) in [6, 6.07) is 3.96. The molecule has 0 saturated carbocycles. The highest BCUT2D eigenvalue weighted by Gasteiger charge is 2.20. The third kappa shape index (κ3) is 1.88. The smallest absolute Gasteiger partial charge is 0.172 e. The Bertz CT molecular complexity index is 440. The molecule has 0 spiro atoms. The summed E-state index contributed by atoms with van der Waals surface area (Å²) in [4.78, 5) is 15.6. The number of halogens is 1. The first-order chi connectivity index (χ1) is 7.20. The number of carbonyl (C=O) groups is 1. The lowest BCUT2D eigenvalue weighted by Crippen LogP contribution is -2.11. The zero-order valence-corrected chi connectivity index (χ0v) is 8.29. The van der Waals surface area contributed by atoms with Crippen LogP contribution >= 0.6 is 0 Å². The van der Waals surface area contributed by atoms with Crippen molar-refractivity contribution in [1.82, 2.24) is 0 Å². The molecule has 0 aromatic heterocycles. The molecule has 0 fully saturated rings. The molecule has 0 radical (unpaired) electrons. The second-order valence-electron chi connectivity index (χ2n) is 3.32. The number of hydrogen-bond donors (Lipinski definition) is 0. The maximum absolute atomic E-state index is 12.9. The Morgan fingerprint density at radius 3 is 3.00 bits per heavy atom. The molecule has 0 aliphatic carbocycles. The van der Waals surface area contributed by atoms with Crippen molar-refractivity contribution in [2.24, 2.45) is 4.99 Å². The molecule has 1 aliphatic heterocycles. The number of Topliss-reactive ketones (excluding diaryl/α,β-unsaturated/α-hetero) is 1. The molecular formula is C11H10FNO2. The van der Waals surface area contributed by atoms with E-state index in [-0.39, 0.29) is 12.2 Å². The van der Waals surface area contributed by atoms with Crippen LogP contribution in [0.1, 0.15) is 16.8 Å². The van der Waals surface area contributed by atoms with Crippen molar-refractivity contribution in [2.75, 3.05) is 13.7 Å². The molecule has 2 rings (SSSR count). The first kappa shape index (κ1) is 9.83. The highest BCUT2D eigenvalue weighted by atomic mass is 19.1. The highest BCUT2D eigenvalue weighted by molar-refractivity contribution is 6.12. The summed E-state index contributed by atoms with van der Waals surface area (Å²) in [6.45, 7) is 0.293. The monoisotopic (exact) mass is 207 g/mol. The molecule has 1 aromatic rings. The maximum Gasteiger partial charge on any atom is 0.172 e. The van der Waals surface area contributed by atoms with Gasteiger partial charge in [0, 0.05) is 7.05 Å². The third-order valence-corrected chi connectivity index (χ3v) is 2.32. The minimum Gasteiger partial charge on any atom is -0.487 e. The van der Waals surface area contributed by atoms with Gasteiger partial charge < -0.3 is 4.74 Å². The van der Waals surface area contributed by atoms with Gasteiger partial charge in [0.25, 0.3) is 0 Å². The topological polar surface area (TPSA) is 38.7 Å². The molecule has 1 heterocycles. The summed E-state index contributed by atoms with van der Waals surface area (Å²) in [5.41, 5.74) is 0.977. The van der Waals surface area contributed by atoms with Crippen LogP contribution in [-0.2, 0) is 0 Å². The first-order valence-electron chi connectivity index (χ1n) is 4.61. The fourth-order valence-electron chi connectivity index (χ4n) is 1.48. The molecule has 0 N–H and O–H groups in total. The third-order valence-electron chi connectivity index (χ3n) is 2.32. The van der Waals surface area contributed by atoms with Gasteiger partial charge in [-0.3, -0.25) is 9.79 Å². The number of benzene rings is 1. The minimum absolute atomic E-state index is 0.150. The van der Waals surface area contributed by atoms with E-state index in [0.717, 1.165) is 0 Å². The van der Waals surface area contributed by atoms with Gasteiger partial charge in [-0.25, -0.2) is 4.39 Å². The molecule has 1 aliphatic rings. The molecule has 0 saturated heterocycles. The van der Waals surface area contributed by atoms with Crippen molar-refractivity contribution < 1.29 is 13.9 Å². The predicted molar refractivity (Wildman–Crippen MR) is 54.2 cm³/mol. The van der Waals surface area contributed by atoms with E-state index >= 15 is 0 Å². The number of ether oxygens (including phenoxy) is 1. The number of fused-ring (bicyclic) bond motifs is 1. The molecule has 3 nitrogen and oxygen atoms in total. The normalized spacial score (nSPS) is 18.3. The quantitative estimate of drug-likeness (QED) is 0.651. The van der Waals surface area contributed by atoms with Crippen LogP contribution < -0.4 is 4.74 Å². The highest BCUT2D eigenvalue weighted by Crippen LogP contribution is 2.24. The second-order valence-corrected chi connectivity index (χ2v) is 3.32. The van der Waals surface area contributed by atoms with Crippen molar-refractivity contribution in [1.29, 1.82) is 0 Å². The molecule has 0 bridgehead atoms. The lowest BCUT2D eigenvalue weighted by molar-refractivity contribution is 0.100. The fourth-order valence-corrected chi connectivity index (χ4v) is 1.48. The van der Waals surface area contributed by atoms with E-state index in [1.807, 2.05) is 0 Å². The van der Waals surface area contributed by atoms with E-state index in [0.29, 0.717) is 23.6 Å². The Balaban J connectivity index is 2.44. The Kier molecular flexibility index (Phi) is 2.49. The van der Waals surface area contributed by atoms with Gasteiger partial charge in [0.05, 0.1) is 17.7 Å². The van der Waals surface area contributed by atoms with Gasteiger partial charge in [0.15, 0.2) is 5.78 Å². The van der Waals surface area contributed by atoms with Crippen molar-refractivity contribution >= 4 is 11.5 Å². The number of aliphatic imine (C=N–C) groups is 1. The van der Waals surface area contributed by atoms with E-state index in [1.54, 1.807) is 7.05 Å². The van der Waals surface area contributed by atoms with E-state index in [4.69, 9.17) is 4.74 Å². The summed E-state index contributed by atoms with van der Waals surface area (Å²) < 4.78 is 18.3. The van der Waals surface area contributed by atoms with E-state index in [2.05, 4.69) is 4.99 Å². The fraction of sp³-hybridized carbons (Fsp3) is 0.273. The first-order valence-corrected chi connectivity index (χ1v) is 4.61. The van der Waals surface area contributed by atoms with Crippen LogP contribution in [-0.4, -0.2) is 25.1 Å². The molecule has 1 aromatic carbocycles. The van der Waals surface area contributed by atoms with Gasteiger partial charge in [-0.1, -0.05) is 0 Å². The Morgan fingerprint density at radius 1 is 1.47 bits per heavy atom. The average Bonchev–Trinajstić information content (AvgIpc) is 2.39. The summed E-state index contributed by atoms with van der Waals surface area (Å²) in [5, 5.41) is 0. The van der Waals surface area contributed by atoms with Crippen molar-refractivity contribution in [2.45, 2.75) is 6.42 Å². The zero-order valence-electron chi connectivity index (χ0n) is 8.29. The van der Waals surface area contributed by atoms with Gasteiger partial charge >= 0.3 is 0 Å². The van der Waals surface area contributed by atoms with Gasteiger partial charge in [0.2, 0.25) is 0 Å².